The predicted octanol–water partition coefficient (Wildman–Crippen LogP) is 3.20. The minimum atomic E-state index is 0.0121. The molecule has 1 aliphatic rings. The summed E-state index contributed by atoms with van der Waals surface area (Å²) in [6.45, 7) is 1.32. The number of aromatic nitrogens is 1. The average Bonchev–Trinajstić information content (AvgIpc) is 2.68. The lowest BCUT2D eigenvalue weighted by molar-refractivity contribution is -0.122. The van der Waals surface area contributed by atoms with Crippen LogP contribution < -0.4 is 5.32 Å². The molecule has 26 heavy (non-hydrogen) atoms. The first-order chi connectivity index (χ1) is 12.6. The van der Waals surface area contributed by atoms with Crippen molar-refractivity contribution in [2.75, 3.05) is 13.1 Å². The molecule has 0 saturated carbocycles. The number of halogens is 1. The third-order valence-corrected chi connectivity index (χ3v) is 5.14. The van der Waals surface area contributed by atoms with Crippen LogP contribution in [0.15, 0.2) is 53.3 Å². The number of likely N-dealkylation sites (tertiary alicyclic amines) is 1. The first-order valence-corrected chi connectivity index (χ1v) is 9.64. The third kappa shape index (κ3) is 5.14. The van der Waals surface area contributed by atoms with Crippen LogP contribution in [0.2, 0.25) is 0 Å². The fourth-order valence-corrected chi connectivity index (χ4v) is 3.37. The predicted molar refractivity (Wildman–Crippen MR) is 104 cm³/mol. The van der Waals surface area contributed by atoms with E-state index in [0.29, 0.717) is 25.1 Å². The number of hydrogen-bond donors (Lipinski definition) is 1. The molecular weight excluding hydrogens is 394 g/mol. The second kappa shape index (κ2) is 8.94. The summed E-state index contributed by atoms with van der Waals surface area (Å²) in [5.41, 5.74) is 1.77. The molecule has 0 unspecified atom stereocenters. The molecule has 1 fully saturated rings. The summed E-state index contributed by atoms with van der Waals surface area (Å²) in [7, 11) is 0. The Hall–Kier alpha value is -2.21. The van der Waals surface area contributed by atoms with Crippen molar-refractivity contribution >= 4 is 27.7 Å². The first kappa shape index (κ1) is 18.6. The molecule has 0 spiro atoms. The fraction of sp³-hybridized carbons (Fsp3) is 0.350. The van der Waals surface area contributed by atoms with Crippen molar-refractivity contribution in [3.8, 4) is 0 Å². The summed E-state index contributed by atoms with van der Waals surface area (Å²) in [6, 6.07) is 11.7. The molecule has 1 saturated heterocycles. The summed E-state index contributed by atoms with van der Waals surface area (Å²) in [4.78, 5) is 30.4. The Morgan fingerprint density at radius 1 is 1.15 bits per heavy atom. The summed E-state index contributed by atoms with van der Waals surface area (Å²) < 4.78 is 1.04. The molecule has 0 bridgehead atoms. The van der Waals surface area contributed by atoms with Gasteiger partial charge in [0, 0.05) is 42.4 Å². The lowest BCUT2D eigenvalue weighted by Crippen LogP contribution is -2.46. The molecule has 1 aliphatic heterocycles. The van der Waals surface area contributed by atoms with Crippen molar-refractivity contribution in [3.63, 3.8) is 0 Å². The highest BCUT2D eigenvalue weighted by molar-refractivity contribution is 9.10. The molecular formula is C20H22BrN3O2. The summed E-state index contributed by atoms with van der Waals surface area (Å²) in [5.74, 6) is 0.0862. The number of pyridine rings is 1. The maximum absolute atomic E-state index is 12.4. The molecule has 5 nitrogen and oxygen atoms in total. The molecule has 1 aromatic heterocycles. The van der Waals surface area contributed by atoms with Crippen LogP contribution in [0.25, 0.3) is 0 Å². The Kier molecular flexibility index (Phi) is 6.39. The Labute approximate surface area is 161 Å². The third-order valence-electron chi connectivity index (χ3n) is 4.61. The van der Waals surface area contributed by atoms with Crippen molar-refractivity contribution < 1.29 is 9.59 Å². The number of aryl methyl sites for hydroxylation is 1. The molecule has 1 N–H and O–H groups in total. The number of nitrogens with zero attached hydrogens (tertiary/aromatic N) is 2. The Morgan fingerprint density at radius 3 is 2.54 bits per heavy atom. The molecule has 2 aromatic rings. The zero-order valence-corrected chi connectivity index (χ0v) is 16.1. The monoisotopic (exact) mass is 415 g/mol. The van der Waals surface area contributed by atoms with E-state index in [1.807, 2.05) is 29.2 Å². The number of hydrogen-bond acceptors (Lipinski definition) is 3. The topological polar surface area (TPSA) is 62.3 Å². The second-order valence-corrected chi connectivity index (χ2v) is 7.42. The molecule has 0 atom stereocenters. The molecule has 1 aromatic carbocycles. The second-order valence-electron chi connectivity index (χ2n) is 6.50. The maximum Gasteiger partial charge on any atom is 0.255 e. The molecule has 0 aliphatic carbocycles. The normalized spacial score (nSPS) is 14.9. The Balaban J connectivity index is 1.41. The van der Waals surface area contributed by atoms with Gasteiger partial charge in [0.05, 0.1) is 5.56 Å². The Morgan fingerprint density at radius 2 is 1.88 bits per heavy atom. The summed E-state index contributed by atoms with van der Waals surface area (Å²) in [5, 5.41) is 3.10. The van der Waals surface area contributed by atoms with Crippen LogP contribution in [-0.4, -0.2) is 40.8 Å². The van der Waals surface area contributed by atoms with Crippen LogP contribution in [0.5, 0.6) is 0 Å². The van der Waals surface area contributed by atoms with Gasteiger partial charge in [-0.3, -0.25) is 14.6 Å². The van der Waals surface area contributed by atoms with Crippen molar-refractivity contribution in [1.29, 1.82) is 0 Å². The molecule has 6 heteroatoms. The van der Waals surface area contributed by atoms with Crippen LogP contribution in [0.4, 0.5) is 0 Å². The van der Waals surface area contributed by atoms with Gasteiger partial charge < -0.3 is 10.2 Å². The zero-order chi connectivity index (χ0) is 18.4. The lowest BCUT2D eigenvalue weighted by atomic mass is 10.0. The highest BCUT2D eigenvalue weighted by atomic mass is 79.9. The highest BCUT2D eigenvalue weighted by Crippen LogP contribution is 2.15. The highest BCUT2D eigenvalue weighted by Gasteiger charge is 2.24. The number of benzene rings is 1. The molecule has 2 amide bonds. The van der Waals surface area contributed by atoms with Gasteiger partial charge >= 0.3 is 0 Å². The summed E-state index contributed by atoms with van der Waals surface area (Å²) in [6.07, 6.45) is 6.05. The quantitative estimate of drug-likeness (QED) is 0.815. The van der Waals surface area contributed by atoms with E-state index in [1.165, 1.54) is 0 Å². The van der Waals surface area contributed by atoms with E-state index in [-0.39, 0.29) is 17.9 Å². The number of carbonyl (C=O) groups is 2. The number of nitrogens with one attached hydrogen (secondary N) is 1. The molecule has 2 heterocycles. The van der Waals surface area contributed by atoms with E-state index in [4.69, 9.17) is 0 Å². The van der Waals surface area contributed by atoms with E-state index in [0.717, 1.165) is 29.3 Å². The van der Waals surface area contributed by atoms with Gasteiger partial charge in [0.2, 0.25) is 5.91 Å². The van der Waals surface area contributed by atoms with E-state index in [1.54, 1.807) is 24.5 Å². The van der Waals surface area contributed by atoms with Crippen molar-refractivity contribution in [2.45, 2.75) is 31.7 Å². The SMILES string of the molecule is O=C(CCc1ccc(Br)cc1)NC1CCN(C(=O)c2cccnc2)CC1. The number of amides is 2. The minimum Gasteiger partial charge on any atom is -0.353 e. The van der Waals surface area contributed by atoms with E-state index >= 15 is 0 Å². The van der Waals surface area contributed by atoms with Crippen LogP contribution >= 0.6 is 15.9 Å². The maximum atomic E-state index is 12.4. The number of carbonyl (C=O) groups excluding carboxylic acids is 2. The van der Waals surface area contributed by atoms with Gasteiger partial charge in [-0.15, -0.1) is 0 Å². The standard InChI is InChI=1S/C20H22BrN3O2/c21-17-6-3-15(4-7-17)5-8-19(25)23-18-9-12-24(13-10-18)20(26)16-2-1-11-22-14-16/h1-4,6-7,11,14,18H,5,8-10,12-13H2,(H,23,25). The molecule has 3 rings (SSSR count). The van der Waals surface area contributed by atoms with Crippen molar-refractivity contribution in [2.24, 2.45) is 0 Å². The van der Waals surface area contributed by atoms with Gasteiger partial charge in [0.25, 0.3) is 5.91 Å². The zero-order valence-electron chi connectivity index (χ0n) is 14.5. The largest absolute Gasteiger partial charge is 0.353 e. The van der Waals surface area contributed by atoms with Gasteiger partial charge in [-0.25, -0.2) is 0 Å². The lowest BCUT2D eigenvalue weighted by Gasteiger charge is -2.32. The van der Waals surface area contributed by atoms with E-state index < -0.39 is 0 Å². The smallest absolute Gasteiger partial charge is 0.255 e. The van der Waals surface area contributed by atoms with Crippen LogP contribution in [0.3, 0.4) is 0 Å². The van der Waals surface area contributed by atoms with Crippen LogP contribution in [-0.2, 0) is 11.2 Å². The molecule has 136 valence electrons. The van der Waals surface area contributed by atoms with Gasteiger partial charge in [-0.05, 0) is 49.1 Å². The van der Waals surface area contributed by atoms with Gasteiger partial charge in [-0.2, -0.15) is 0 Å². The van der Waals surface area contributed by atoms with Crippen LogP contribution in [0, 0.1) is 0 Å². The molecule has 0 radical (unpaired) electrons. The van der Waals surface area contributed by atoms with E-state index in [2.05, 4.69) is 26.2 Å². The summed E-state index contributed by atoms with van der Waals surface area (Å²) >= 11 is 3.41. The average molecular weight is 416 g/mol. The van der Waals surface area contributed by atoms with Crippen molar-refractivity contribution in [1.82, 2.24) is 15.2 Å². The van der Waals surface area contributed by atoms with Gasteiger partial charge in [0.1, 0.15) is 0 Å². The van der Waals surface area contributed by atoms with Crippen molar-refractivity contribution in [3.05, 3.63) is 64.4 Å². The van der Waals surface area contributed by atoms with E-state index in [9.17, 15) is 9.59 Å². The number of rotatable bonds is 5. The van der Waals surface area contributed by atoms with Gasteiger partial charge in [-0.1, -0.05) is 28.1 Å². The minimum absolute atomic E-state index is 0.0121. The Bertz CT molecular complexity index is 741. The number of piperidine rings is 1. The fourth-order valence-electron chi connectivity index (χ4n) is 3.11. The first-order valence-electron chi connectivity index (χ1n) is 8.85. The van der Waals surface area contributed by atoms with Gasteiger partial charge in [0.15, 0.2) is 0 Å². The van der Waals surface area contributed by atoms with Crippen LogP contribution in [0.1, 0.15) is 35.2 Å².